The summed E-state index contributed by atoms with van der Waals surface area (Å²) in [5, 5.41) is 0. The third kappa shape index (κ3) is 2.14. The lowest BCUT2D eigenvalue weighted by atomic mass is 10.2. The molecule has 1 atom stereocenters. The van der Waals surface area contributed by atoms with E-state index in [0.29, 0.717) is 6.04 Å². The fourth-order valence-corrected chi connectivity index (χ4v) is 3.51. The molecule has 2 aliphatic heterocycles. The SMILES string of the molecule is c1ccc2nc(N3CCCN4CCCC4C3)cnc2c1. The predicted molar refractivity (Wildman–Crippen MR) is 81.0 cm³/mol. The Morgan fingerprint density at radius 1 is 1.00 bits per heavy atom. The lowest BCUT2D eigenvalue weighted by molar-refractivity contribution is 0.273. The predicted octanol–water partition coefficient (Wildman–Crippen LogP) is 2.30. The Balaban J connectivity index is 1.64. The first-order valence-corrected chi connectivity index (χ1v) is 7.61. The van der Waals surface area contributed by atoms with Gasteiger partial charge in [0.2, 0.25) is 0 Å². The van der Waals surface area contributed by atoms with Gasteiger partial charge >= 0.3 is 0 Å². The van der Waals surface area contributed by atoms with Gasteiger partial charge in [0, 0.05) is 25.7 Å². The molecule has 1 unspecified atom stereocenters. The highest BCUT2D eigenvalue weighted by Gasteiger charge is 2.29. The number of fused-ring (bicyclic) bond motifs is 2. The van der Waals surface area contributed by atoms with Crippen LogP contribution in [0.1, 0.15) is 19.3 Å². The number of benzene rings is 1. The molecule has 0 N–H and O–H groups in total. The first-order valence-electron chi connectivity index (χ1n) is 7.61. The molecule has 0 bridgehead atoms. The van der Waals surface area contributed by atoms with Crippen LogP contribution in [0.4, 0.5) is 5.82 Å². The molecule has 2 fully saturated rings. The Morgan fingerprint density at radius 3 is 2.80 bits per heavy atom. The summed E-state index contributed by atoms with van der Waals surface area (Å²) in [7, 11) is 0. The molecule has 1 aromatic carbocycles. The summed E-state index contributed by atoms with van der Waals surface area (Å²) in [5.41, 5.74) is 1.98. The quantitative estimate of drug-likeness (QED) is 0.794. The Labute approximate surface area is 119 Å². The summed E-state index contributed by atoms with van der Waals surface area (Å²) in [6, 6.07) is 8.82. The minimum Gasteiger partial charge on any atom is -0.354 e. The second kappa shape index (κ2) is 5.02. The number of hydrogen-bond acceptors (Lipinski definition) is 4. The molecule has 2 aromatic rings. The molecule has 0 amide bonds. The van der Waals surface area contributed by atoms with Gasteiger partial charge in [-0.15, -0.1) is 0 Å². The molecule has 4 nitrogen and oxygen atoms in total. The Morgan fingerprint density at radius 2 is 1.85 bits per heavy atom. The molecule has 0 saturated carbocycles. The first-order chi connectivity index (χ1) is 9.90. The van der Waals surface area contributed by atoms with Gasteiger partial charge in [-0.2, -0.15) is 0 Å². The molecule has 2 saturated heterocycles. The van der Waals surface area contributed by atoms with E-state index in [2.05, 4.69) is 14.8 Å². The summed E-state index contributed by atoms with van der Waals surface area (Å²) >= 11 is 0. The van der Waals surface area contributed by atoms with Gasteiger partial charge < -0.3 is 4.90 Å². The highest BCUT2D eigenvalue weighted by atomic mass is 15.3. The molecule has 4 heteroatoms. The average molecular weight is 268 g/mol. The van der Waals surface area contributed by atoms with E-state index in [4.69, 9.17) is 4.98 Å². The van der Waals surface area contributed by atoms with Crippen molar-refractivity contribution in [3.63, 3.8) is 0 Å². The zero-order valence-electron chi connectivity index (χ0n) is 11.7. The average Bonchev–Trinajstić information content (AvgIpc) is 2.84. The van der Waals surface area contributed by atoms with E-state index in [9.17, 15) is 0 Å². The molecular formula is C16H20N4. The van der Waals surface area contributed by atoms with Crippen LogP contribution in [-0.4, -0.2) is 47.1 Å². The van der Waals surface area contributed by atoms with Crippen LogP contribution in [0.15, 0.2) is 30.5 Å². The summed E-state index contributed by atoms with van der Waals surface area (Å²) in [6.45, 7) is 4.72. The third-order valence-electron chi connectivity index (χ3n) is 4.56. The summed E-state index contributed by atoms with van der Waals surface area (Å²) in [4.78, 5) is 14.4. The zero-order valence-corrected chi connectivity index (χ0v) is 11.7. The molecule has 0 aliphatic carbocycles. The van der Waals surface area contributed by atoms with Gasteiger partial charge in [0.15, 0.2) is 0 Å². The normalized spacial score (nSPS) is 23.8. The standard InChI is InChI=1S/C16H20N4/c1-2-7-15-14(6-1)17-11-16(18-15)20-10-4-9-19-8-3-5-13(19)12-20/h1-2,6-7,11,13H,3-5,8-10,12H2. The number of para-hydroxylation sites is 2. The Kier molecular flexibility index (Phi) is 3.03. The van der Waals surface area contributed by atoms with E-state index in [1.54, 1.807) is 0 Å². The second-order valence-corrected chi connectivity index (χ2v) is 5.85. The monoisotopic (exact) mass is 268 g/mol. The van der Waals surface area contributed by atoms with Crippen molar-refractivity contribution in [2.75, 3.05) is 31.1 Å². The largest absolute Gasteiger partial charge is 0.354 e. The van der Waals surface area contributed by atoms with Gasteiger partial charge in [0.1, 0.15) is 5.82 Å². The number of anilines is 1. The highest BCUT2D eigenvalue weighted by molar-refractivity contribution is 5.75. The van der Waals surface area contributed by atoms with Crippen molar-refractivity contribution in [2.45, 2.75) is 25.3 Å². The first kappa shape index (κ1) is 12.1. The van der Waals surface area contributed by atoms with Crippen LogP contribution in [0.5, 0.6) is 0 Å². The van der Waals surface area contributed by atoms with Crippen molar-refractivity contribution in [1.29, 1.82) is 0 Å². The van der Waals surface area contributed by atoms with Gasteiger partial charge in [0.25, 0.3) is 0 Å². The van der Waals surface area contributed by atoms with E-state index in [-0.39, 0.29) is 0 Å². The van der Waals surface area contributed by atoms with E-state index < -0.39 is 0 Å². The van der Waals surface area contributed by atoms with Crippen LogP contribution in [0, 0.1) is 0 Å². The zero-order chi connectivity index (χ0) is 13.4. The molecule has 0 spiro atoms. The van der Waals surface area contributed by atoms with Crippen LogP contribution in [0.25, 0.3) is 11.0 Å². The Bertz CT molecular complexity index is 612. The van der Waals surface area contributed by atoms with Gasteiger partial charge in [-0.05, 0) is 37.9 Å². The minimum atomic E-state index is 0.714. The summed E-state index contributed by atoms with van der Waals surface area (Å²) in [5.74, 6) is 1.04. The van der Waals surface area contributed by atoms with E-state index in [0.717, 1.165) is 29.9 Å². The summed E-state index contributed by atoms with van der Waals surface area (Å²) in [6.07, 6.45) is 5.84. The number of aromatic nitrogens is 2. The van der Waals surface area contributed by atoms with E-state index >= 15 is 0 Å². The van der Waals surface area contributed by atoms with Crippen LogP contribution in [0.2, 0.25) is 0 Å². The fraction of sp³-hybridized carbons (Fsp3) is 0.500. The topological polar surface area (TPSA) is 32.3 Å². The van der Waals surface area contributed by atoms with Crippen LogP contribution in [-0.2, 0) is 0 Å². The van der Waals surface area contributed by atoms with Crippen molar-refractivity contribution >= 4 is 16.9 Å². The van der Waals surface area contributed by atoms with E-state index in [1.165, 1.54) is 32.4 Å². The molecule has 3 heterocycles. The van der Waals surface area contributed by atoms with Gasteiger partial charge in [-0.1, -0.05) is 12.1 Å². The Hall–Kier alpha value is -1.68. The number of hydrogen-bond donors (Lipinski definition) is 0. The van der Waals surface area contributed by atoms with Gasteiger partial charge in [-0.3, -0.25) is 9.88 Å². The van der Waals surface area contributed by atoms with Gasteiger partial charge in [-0.25, -0.2) is 4.98 Å². The van der Waals surface area contributed by atoms with Crippen molar-refractivity contribution in [3.8, 4) is 0 Å². The maximum Gasteiger partial charge on any atom is 0.147 e. The number of rotatable bonds is 1. The molecule has 2 aliphatic rings. The highest BCUT2D eigenvalue weighted by Crippen LogP contribution is 2.24. The molecule has 104 valence electrons. The van der Waals surface area contributed by atoms with Crippen molar-refractivity contribution in [2.24, 2.45) is 0 Å². The maximum absolute atomic E-state index is 4.80. The molecule has 0 radical (unpaired) electrons. The molecule has 1 aromatic heterocycles. The maximum atomic E-state index is 4.80. The molecule has 4 rings (SSSR count). The van der Waals surface area contributed by atoms with Crippen LogP contribution >= 0.6 is 0 Å². The van der Waals surface area contributed by atoms with E-state index in [1.807, 2.05) is 30.5 Å². The smallest absolute Gasteiger partial charge is 0.147 e. The van der Waals surface area contributed by atoms with Crippen LogP contribution < -0.4 is 4.90 Å². The van der Waals surface area contributed by atoms with Gasteiger partial charge in [0.05, 0.1) is 17.2 Å². The lowest BCUT2D eigenvalue weighted by Gasteiger charge is -2.26. The second-order valence-electron chi connectivity index (χ2n) is 5.85. The summed E-state index contributed by atoms with van der Waals surface area (Å²) < 4.78 is 0. The van der Waals surface area contributed by atoms with Crippen molar-refractivity contribution in [3.05, 3.63) is 30.5 Å². The lowest BCUT2D eigenvalue weighted by Crippen LogP contribution is -2.37. The van der Waals surface area contributed by atoms with Crippen molar-refractivity contribution in [1.82, 2.24) is 14.9 Å². The third-order valence-corrected chi connectivity index (χ3v) is 4.56. The molecular weight excluding hydrogens is 248 g/mol. The van der Waals surface area contributed by atoms with Crippen LogP contribution in [0.3, 0.4) is 0 Å². The number of nitrogens with zero attached hydrogens (tertiary/aromatic N) is 4. The minimum absolute atomic E-state index is 0.714. The van der Waals surface area contributed by atoms with Crippen molar-refractivity contribution < 1.29 is 0 Å². The fourth-order valence-electron chi connectivity index (χ4n) is 3.51. The molecule has 20 heavy (non-hydrogen) atoms.